The topological polar surface area (TPSA) is 67.9 Å². The second kappa shape index (κ2) is 6.93. The van der Waals surface area contributed by atoms with E-state index in [4.69, 9.17) is 21.1 Å². The molecule has 0 unspecified atom stereocenters. The van der Waals surface area contributed by atoms with Crippen LogP contribution in [0.3, 0.4) is 0 Å². The molecule has 0 spiro atoms. The first-order valence-electron chi connectivity index (χ1n) is 7.74. The molecule has 4 rings (SSSR count). The van der Waals surface area contributed by atoms with Crippen LogP contribution in [0.25, 0.3) is 6.08 Å². The second-order valence-electron chi connectivity index (χ2n) is 5.56. The fraction of sp³-hybridized carbons (Fsp3) is 0.111. The van der Waals surface area contributed by atoms with Crippen molar-refractivity contribution in [3.63, 3.8) is 0 Å². The van der Waals surface area contributed by atoms with E-state index in [0.717, 1.165) is 27.9 Å². The van der Waals surface area contributed by atoms with Crippen LogP contribution in [0.4, 0.5) is 10.5 Å². The predicted molar refractivity (Wildman–Crippen MR) is 100 cm³/mol. The summed E-state index contributed by atoms with van der Waals surface area (Å²) in [6.07, 6.45) is 1.68. The molecule has 1 saturated heterocycles. The number of rotatable bonds is 4. The molecular weight excluding hydrogens is 376 g/mol. The van der Waals surface area contributed by atoms with Gasteiger partial charge in [-0.15, -0.1) is 0 Å². The van der Waals surface area contributed by atoms with E-state index in [-0.39, 0.29) is 24.6 Å². The Hall–Kier alpha value is -2.64. The molecule has 0 saturated carbocycles. The lowest BCUT2D eigenvalue weighted by molar-refractivity contribution is -0.122. The normalized spacial score (nSPS) is 17.3. The van der Waals surface area contributed by atoms with Crippen molar-refractivity contribution < 1.29 is 19.1 Å². The Morgan fingerprint density at radius 2 is 1.88 bits per heavy atom. The zero-order valence-electron chi connectivity index (χ0n) is 13.4. The number of halogens is 1. The van der Waals surface area contributed by atoms with Gasteiger partial charge in [0.05, 0.1) is 11.6 Å². The quantitative estimate of drug-likeness (QED) is 0.793. The summed E-state index contributed by atoms with van der Waals surface area (Å²) in [7, 11) is 0. The summed E-state index contributed by atoms with van der Waals surface area (Å²) in [5, 5.41) is 3.34. The van der Waals surface area contributed by atoms with Gasteiger partial charge in [0, 0.05) is 10.7 Å². The number of thioether (sulfide) groups is 1. The summed E-state index contributed by atoms with van der Waals surface area (Å²) < 4.78 is 10.6. The van der Waals surface area contributed by atoms with E-state index >= 15 is 0 Å². The van der Waals surface area contributed by atoms with Gasteiger partial charge < -0.3 is 14.8 Å². The fourth-order valence-corrected chi connectivity index (χ4v) is 3.49. The van der Waals surface area contributed by atoms with E-state index in [1.54, 1.807) is 42.5 Å². The van der Waals surface area contributed by atoms with Gasteiger partial charge in [0.15, 0.2) is 11.5 Å². The molecule has 0 atom stereocenters. The Kier molecular flexibility index (Phi) is 4.48. The van der Waals surface area contributed by atoms with Gasteiger partial charge >= 0.3 is 0 Å². The number of imide groups is 1. The first-order chi connectivity index (χ1) is 12.6. The largest absolute Gasteiger partial charge is 0.454 e. The third kappa shape index (κ3) is 3.36. The number of fused-ring (bicyclic) bond motifs is 1. The molecule has 8 heteroatoms. The number of hydrogen-bond donors (Lipinski definition) is 1. The van der Waals surface area contributed by atoms with Gasteiger partial charge in [-0.1, -0.05) is 17.7 Å². The van der Waals surface area contributed by atoms with Crippen LogP contribution < -0.4 is 14.8 Å². The number of hydrogen-bond acceptors (Lipinski definition) is 6. The number of nitrogens with one attached hydrogen (secondary N) is 1. The molecular formula is C18H13ClN2O4S. The molecule has 2 aliphatic rings. The Balaban J connectivity index is 1.47. The predicted octanol–water partition coefficient (Wildman–Crippen LogP) is 4.17. The average molecular weight is 389 g/mol. The van der Waals surface area contributed by atoms with Crippen LogP contribution in [0.2, 0.25) is 5.02 Å². The van der Waals surface area contributed by atoms with Crippen LogP contribution in [0.1, 0.15) is 5.56 Å². The zero-order chi connectivity index (χ0) is 18.1. The van der Waals surface area contributed by atoms with Gasteiger partial charge in [0.1, 0.15) is 0 Å². The highest BCUT2D eigenvalue weighted by Crippen LogP contribution is 2.36. The van der Waals surface area contributed by atoms with Crippen LogP contribution >= 0.6 is 23.4 Å². The minimum Gasteiger partial charge on any atom is -0.454 e. The second-order valence-corrected chi connectivity index (χ2v) is 6.99. The van der Waals surface area contributed by atoms with Crippen LogP contribution in [0.15, 0.2) is 47.4 Å². The molecule has 0 aliphatic carbocycles. The maximum Gasteiger partial charge on any atom is 0.295 e. The standard InChI is InChI=1S/C18H13ClN2O4S/c19-12-2-4-13(5-3-12)20-9-21-17(22)16(26-18(21)23)8-11-1-6-14-15(7-11)25-10-24-14/h1-8,20H,9-10H2/b16-8+. The van der Waals surface area contributed by atoms with Crippen LogP contribution in [0, 0.1) is 0 Å². The highest BCUT2D eigenvalue weighted by atomic mass is 35.5. The Labute approximate surface area is 158 Å². The summed E-state index contributed by atoms with van der Waals surface area (Å²) in [4.78, 5) is 26.2. The molecule has 1 fully saturated rings. The van der Waals surface area contributed by atoms with Crippen LogP contribution in [0.5, 0.6) is 11.5 Å². The molecule has 2 amide bonds. The maximum absolute atomic E-state index is 12.5. The summed E-state index contributed by atoms with van der Waals surface area (Å²) in [6.45, 7) is 0.274. The molecule has 0 radical (unpaired) electrons. The Bertz CT molecular complexity index is 914. The van der Waals surface area contributed by atoms with Crippen molar-refractivity contribution in [2.75, 3.05) is 18.8 Å². The third-order valence-corrected chi connectivity index (χ3v) is 5.01. The number of benzene rings is 2. The number of carbonyl (C=O) groups is 2. The molecule has 0 bridgehead atoms. The first kappa shape index (κ1) is 16.8. The molecule has 132 valence electrons. The lowest BCUT2D eigenvalue weighted by Crippen LogP contribution is -2.33. The molecule has 1 N–H and O–H groups in total. The Morgan fingerprint density at radius 1 is 1.12 bits per heavy atom. The summed E-state index contributed by atoms with van der Waals surface area (Å²) in [5.41, 5.74) is 1.54. The number of ether oxygens (including phenoxy) is 2. The monoisotopic (exact) mass is 388 g/mol. The lowest BCUT2D eigenvalue weighted by atomic mass is 10.2. The smallest absolute Gasteiger partial charge is 0.295 e. The van der Waals surface area contributed by atoms with Crippen molar-refractivity contribution in [2.45, 2.75) is 0 Å². The van der Waals surface area contributed by atoms with Crippen molar-refractivity contribution in [3.05, 3.63) is 58.0 Å². The SMILES string of the molecule is O=C1S/C(=C/c2ccc3c(c2)OCO3)C(=O)N1CNc1ccc(Cl)cc1. The van der Waals surface area contributed by atoms with E-state index in [2.05, 4.69) is 5.32 Å². The maximum atomic E-state index is 12.5. The molecule has 2 aliphatic heterocycles. The lowest BCUT2D eigenvalue weighted by Gasteiger charge is -2.14. The zero-order valence-corrected chi connectivity index (χ0v) is 15.0. The molecule has 26 heavy (non-hydrogen) atoms. The number of carbonyl (C=O) groups excluding carboxylic acids is 2. The Morgan fingerprint density at radius 3 is 2.69 bits per heavy atom. The minimum atomic E-state index is -0.334. The number of nitrogens with zero attached hydrogens (tertiary/aromatic N) is 1. The molecule has 2 aromatic carbocycles. The van der Waals surface area contributed by atoms with Crippen molar-refractivity contribution in [2.24, 2.45) is 0 Å². The molecule has 2 heterocycles. The molecule has 0 aromatic heterocycles. The van der Waals surface area contributed by atoms with E-state index in [1.165, 1.54) is 0 Å². The van der Waals surface area contributed by atoms with Crippen molar-refractivity contribution in [3.8, 4) is 11.5 Å². The van der Waals surface area contributed by atoms with Crippen molar-refractivity contribution >= 4 is 46.3 Å². The summed E-state index contributed by atoms with van der Waals surface area (Å²) in [6, 6.07) is 12.4. The highest BCUT2D eigenvalue weighted by Gasteiger charge is 2.34. The summed E-state index contributed by atoms with van der Waals surface area (Å²) >= 11 is 6.76. The highest BCUT2D eigenvalue weighted by molar-refractivity contribution is 8.18. The molecule has 6 nitrogen and oxygen atoms in total. The summed E-state index contributed by atoms with van der Waals surface area (Å²) in [5.74, 6) is 0.962. The number of amides is 2. The van der Waals surface area contributed by atoms with E-state index in [1.807, 2.05) is 6.07 Å². The van der Waals surface area contributed by atoms with Crippen molar-refractivity contribution in [1.82, 2.24) is 4.90 Å². The van der Waals surface area contributed by atoms with Crippen molar-refractivity contribution in [1.29, 1.82) is 0 Å². The molecule has 2 aromatic rings. The van der Waals surface area contributed by atoms with Gasteiger partial charge in [-0.2, -0.15) is 0 Å². The van der Waals surface area contributed by atoms with E-state index < -0.39 is 0 Å². The van der Waals surface area contributed by atoms with E-state index in [0.29, 0.717) is 21.4 Å². The first-order valence-corrected chi connectivity index (χ1v) is 8.94. The van der Waals surface area contributed by atoms with Gasteiger partial charge in [-0.05, 0) is 59.8 Å². The fourth-order valence-electron chi connectivity index (χ4n) is 2.53. The van der Waals surface area contributed by atoms with Gasteiger partial charge in [0.2, 0.25) is 6.79 Å². The van der Waals surface area contributed by atoms with E-state index in [9.17, 15) is 9.59 Å². The number of anilines is 1. The third-order valence-electron chi connectivity index (χ3n) is 3.85. The minimum absolute atomic E-state index is 0.0881. The van der Waals surface area contributed by atoms with Gasteiger partial charge in [-0.3, -0.25) is 14.5 Å². The van der Waals surface area contributed by atoms with Gasteiger partial charge in [0.25, 0.3) is 11.1 Å². The van der Waals surface area contributed by atoms with Crippen LogP contribution in [-0.2, 0) is 4.79 Å². The van der Waals surface area contributed by atoms with Crippen LogP contribution in [-0.4, -0.2) is 29.5 Å². The average Bonchev–Trinajstić information content (AvgIpc) is 3.20. The van der Waals surface area contributed by atoms with Gasteiger partial charge in [-0.25, -0.2) is 0 Å².